The summed E-state index contributed by atoms with van der Waals surface area (Å²) in [5.41, 5.74) is 3.60. The van der Waals surface area contributed by atoms with Crippen LogP contribution in [0.5, 0.6) is 5.75 Å². The van der Waals surface area contributed by atoms with Crippen LogP contribution in [0.25, 0.3) is 0 Å². The van der Waals surface area contributed by atoms with E-state index in [1.54, 1.807) is 5.38 Å². The Kier molecular flexibility index (Phi) is 4.29. The summed E-state index contributed by atoms with van der Waals surface area (Å²) in [5, 5.41) is 17.9. The topological polar surface area (TPSA) is 61.4 Å². The number of carbonyl (C=O) groups excluding carboxylic acids is 1. The van der Waals surface area contributed by atoms with Crippen molar-refractivity contribution in [1.82, 2.24) is 5.32 Å². The smallest absolute Gasteiger partial charge is 0.258 e. The van der Waals surface area contributed by atoms with Gasteiger partial charge in [0.25, 0.3) is 5.91 Å². The maximum Gasteiger partial charge on any atom is 0.258 e. The van der Waals surface area contributed by atoms with Crippen molar-refractivity contribution in [2.24, 2.45) is 0 Å². The molecule has 0 unspecified atom stereocenters. The van der Waals surface area contributed by atoms with Gasteiger partial charge in [0.2, 0.25) is 0 Å². The standard InChI is InChI=1S/C15H18N2O2S/c1-4-16-14(19)13-12(18)8-20-15(13)17-11-6-5-9(2)10(3)7-11/h5-8,17-18H,4H2,1-3H3,(H,16,19). The lowest BCUT2D eigenvalue weighted by Gasteiger charge is -2.09. The minimum absolute atomic E-state index is 0.00674. The molecular formula is C15H18N2O2S. The Labute approximate surface area is 122 Å². The van der Waals surface area contributed by atoms with Gasteiger partial charge in [0, 0.05) is 17.6 Å². The molecule has 0 aliphatic heterocycles. The third kappa shape index (κ3) is 2.93. The van der Waals surface area contributed by atoms with E-state index < -0.39 is 0 Å². The highest BCUT2D eigenvalue weighted by molar-refractivity contribution is 7.15. The molecule has 0 radical (unpaired) electrons. The van der Waals surface area contributed by atoms with Crippen molar-refractivity contribution in [3.8, 4) is 5.75 Å². The van der Waals surface area contributed by atoms with Crippen LogP contribution in [-0.4, -0.2) is 17.6 Å². The van der Waals surface area contributed by atoms with E-state index in [4.69, 9.17) is 0 Å². The van der Waals surface area contributed by atoms with Crippen molar-refractivity contribution in [1.29, 1.82) is 0 Å². The number of thiophene rings is 1. The van der Waals surface area contributed by atoms with Gasteiger partial charge in [-0.25, -0.2) is 0 Å². The average Bonchev–Trinajstić information content (AvgIpc) is 2.75. The molecule has 3 N–H and O–H groups in total. The number of nitrogens with one attached hydrogen (secondary N) is 2. The zero-order valence-corrected chi connectivity index (χ0v) is 12.6. The van der Waals surface area contributed by atoms with E-state index >= 15 is 0 Å². The van der Waals surface area contributed by atoms with Crippen LogP contribution in [0.2, 0.25) is 0 Å². The average molecular weight is 290 g/mol. The molecule has 0 atom stereocenters. The fraction of sp³-hybridized carbons (Fsp3) is 0.267. The van der Waals surface area contributed by atoms with Crippen LogP contribution in [0.1, 0.15) is 28.4 Å². The lowest BCUT2D eigenvalue weighted by atomic mass is 10.1. The van der Waals surface area contributed by atoms with Gasteiger partial charge in [-0.2, -0.15) is 0 Å². The zero-order chi connectivity index (χ0) is 14.7. The predicted molar refractivity (Wildman–Crippen MR) is 83.2 cm³/mol. The number of anilines is 2. The Morgan fingerprint density at radius 1 is 1.30 bits per heavy atom. The highest BCUT2D eigenvalue weighted by atomic mass is 32.1. The van der Waals surface area contributed by atoms with E-state index in [9.17, 15) is 9.90 Å². The number of rotatable bonds is 4. The van der Waals surface area contributed by atoms with E-state index in [-0.39, 0.29) is 11.7 Å². The molecule has 0 saturated carbocycles. The van der Waals surface area contributed by atoms with Gasteiger partial charge in [-0.3, -0.25) is 4.79 Å². The van der Waals surface area contributed by atoms with E-state index in [1.807, 2.05) is 32.0 Å². The highest BCUT2D eigenvalue weighted by Crippen LogP contribution is 2.35. The molecular weight excluding hydrogens is 272 g/mol. The third-order valence-corrected chi connectivity index (χ3v) is 3.98. The Morgan fingerprint density at radius 3 is 2.70 bits per heavy atom. The van der Waals surface area contributed by atoms with Crippen LogP contribution in [0.4, 0.5) is 10.7 Å². The largest absolute Gasteiger partial charge is 0.506 e. The molecule has 0 aliphatic carbocycles. The number of aryl methyl sites for hydroxylation is 2. The maximum atomic E-state index is 12.0. The summed E-state index contributed by atoms with van der Waals surface area (Å²) in [7, 11) is 0. The van der Waals surface area contributed by atoms with E-state index in [1.165, 1.54) is 22.5 Å². The summed E-state index contributed by atoms with van der Waals surface area (Å²) in [6.45, 7) is 6.46. The molecule has 20 heavy (non-hydrogen) atoms. The number of amides is 1. The summed E-state index contributed by atoms with van der Waals surface area (Å²) >= 11 is 1.31. The first-order valence-electron chi connectivity index (χ1n) is 6.45. The minimum Gasteiger partial charge on any atom is -0.506 e. The third-order valence-electron chi connectivity index (χ3n) is 3.10. The van der Waals surface area contributed by atoms with Gasteiger partial charge >= 0.3 is 0 Å². The second-order valence-electron chi connectivity index (χ2n) is 4.61. The fourth-order valence-corrected chi connectivity index (χ4v) is 2.70. The minimum atomic E-state index is -0.266. The first-order valence-corrected chi connectivity index (χ1v) is 7.33. The summed E-state index contributed by atoms with van der Waals surface area (Å²) in [6.07, 6.45) is 0. The van der Waals surface area contributed by atoms with Crippen LogP contribution in [0.3, 0.4) is 0 Å². The van der Waals surface area contributed by atoms with Gasteiger partial charge in [-0.15, -0.1) is 11.3 Å². The van der Waals surface area contributed by atoms with Gasteiger partial charge in [-0.1, -0.05) is 6.07 Å². The van der Waals surface area contributed by atoms with Crippen molar-refractivity contribution in [2.45, 2.75) is 20.8 Å². The number of hydrogen-bond acceptors (Lipinski definition) is 4. The first kappa shape index (κ1) is 14.4. The monoisotopic (exact) mass is 290 g/mol. The normalized spacial score (nSPS) is 10.3. The van der Waals surface area contributed by atoms with Gasteiger partial charge in [-0.05, 0) is 44.0 Å². The molecule has 4 nitrogen and oxygen atoms in total. The van der Waals surface area contributed by atoms with Crippen molar-refractivity contribution in [3.05, 3.63) is 40.3 Å². The summed E-state index contributed by atoms with van der Waals surface area (Å²) < 4.78 is 0. The number of carbonyl (C=O) groups is 1. The highest BCUT2D eigenvalue weighted by Gasteiger charge is 2.18. The molecule has 5 heteroatoms. The van der Waals surface area contributed by atoms with Crippen LogP contribution >= 0.6 is 11.3 Å². The Balaban J connectivity index is 2.29. The molecule has 0 spiro atoms. The quantitative estimate of drug-likeness (QED) is 0.806. The molecule has 1 aromatic carbocycles. The number of benzene rings is 1. The van der Waals surface area contributed by atoms with Gasteiger partial charge in [0.15, 0.2) is 0 Å². The molecule has 2 rings (SSSR count). The Morgan fingerprint density at radius 2 is 2.05 bits per heavy atom. The van der Waals surface area contributed by atoms with Crippen molar-refractivity contribution >= 4 is 27.9 Å². The maximum absolute atomic E-state index is 12.0. The molecule has 2 aromatic rings. The zero-order valence-electron chi connectivity index (χ0n) is 11.8. The molecule has 1 aromatic heterocycles. The molecule has 1 amide bonds. The van der Waals surface area contributed by atoms with Crippen molar-refractivity contribution in [2.75, 3.05) is 11.9 Å². The van der Waals surface area contributed by atoms with Crippen molar-refractivity contribution < 1.29 is 9.90 Å². The summed E-state index contributed by atoms with van der Waals surface area (Å²) in [6, 6.07) is 6.01. The fourth-order valence-electron chi connectivity index (χ4n) is 1.86. The van der Waals surface area contributed by atoms with Crippen LogP contribution < -0.4 is 10.6 Å². The predicted octanol–water partition coefficient (Wildman–Crippen LogP) is 3.56. The molecule has 1 heterocycles. The summed E-state index contributed by atoms with van der Waals surface area (Å²) in [5.74, 6) is -0.259. The van der Waals surface area contributed by atoms with Crippen LogP contribution in [-0.2, 0) is 0 Å². The lowest BCUT2D eigenvalue weighted by Crippen LogP contribution is -2.22. The first-order chi connectivity index (χ1) is 9.52. The second-order valence-corrected chi connectivity index (χ2v) is 5.49. The van der Waals surface area contributed by atoms with Crippen LogP contribution in [0, 0.1) is 13.8 Å². The van der Waals surface area contributed by atoms with Crippen molar-refractivity contribution in [3.63, 3.8) is 0 Å². The van der Waals surface area contributed by atoms with Gasteiger partial charge < -0.3 is 15.7 Å². The molecule has 106 valence electrons. The van der Waals surface area contributed by atoms with Gasteiger partial charge in [0.05, 0.1) is 0 Å². The van der Waals surface area contributed by atoms with E-state index in [2.05, 4.69) is 17.6 Å². The molecule has 0 fully saturated rings. The SMILES string of the molecule is CCNC(=O)c1c(O)csc1Nc1ccc(C)c(C)c1. The molecule has 0 aliphatic rings. The van der Waals surface area contributed by atoms with E-state index in [0.29, 0.717) is 17.1 Å². The van der Waals surface area contributed by atoms with E-state index in [0.717, 1.165) is 5.69 Å². The van der Waals surface area contributed by atoms with Crippen LogP contribution in [0.15, 0.2) is 23.6 Å². The molecule has 0 bridgehead atoms. The van der Waals surface area contributed by atoms with Gasteiger partial charge in [0.1, 0.15) is 16.3 Å². The summed E-state index contributed by atoms with van der Waals surface area (Å²) in [4.78, 5) is 12.0. The lowest BCUT2D eigenvalue weighted by molar-refractivity contribution is 0.0954. The second kappa shape index (κ2) is 5.96. The molecule has 0 saturated heterocycles. The number of aromatic hydroxyl groups is 1. The number of hydrogen-bond donors (Lipinski definition) is 3. The Bertz CT molecular complexity index is 635. The Hall–Kier alpha value is -2.01.